The van der Waals surface area contributed by atoms with Crippen LogP contribution in [0.5, 0.6) is 0 Å². The molecule has 2 aromatic rings. The largest absolute Gasteiger partial charge is 0.297 e. The van der Waals surface area contributed by atoms with Crippen molar-refractivity contribution in [1.29, 1.82) is 0 Å². The molecule has 0 aliphatic carbocycles. The Hall–Kier alpha value is -1.91. The van der Waals surface area contributed by atoms with Crippen LogP contribution in [0.2, 0.25) is 0 Å². The molecule has 0 amide bonds. The Bertz CT molecular complexity index is 790. The lowest BCUT2D eigenvalue weighted by Crippen LogP contribution is -2.26. The van der Waals surface area contributed by atoms with Crippen molar-refractivity contribution < 1.29 is 12.6 Å². The third-order valence-corrected chi connectivity index (χ3v) is 5.35. The summed E-state index contributed by atoms with van der Waals surface area (Å²) in [5, 5.41) is 0. The zero-order valence-electron chi connectivity index (χ0n) is 14.4. The number of aryl methyl sites for hydroxylation is 1. The molecule has 0 saturated carbocycles. The van der Waals surface area contributed by atoms with Crippen LogP contribution >= 0.6 is 0 Å². The van der Waals surface area contributed by atoms with Gasteiger partial charge in [0, 0.05) is 6.42 Å². The number of rotatable bonds is 7. The van der Waals surface area contributed by atoms with E-state index in [1.807, 2.05) is 45.0 Å². The second-order valence-corrected chi connectivity index (χ2v) is 7.83. The molecule has 0 heterocycles. The van der Waals surface area contributed by atoms with Gasteiger partial charge in [-0.2, -0.15) is 8.42 Å². The molecule has 0 bridgehead atoms. The lowest BCUT2D eigenvalue weighted by molar-refractivity contribution is 0.159. The Morgan fingerprint density at radius 1 is 1.08 bits per heavy atom. The quantitative estimate of drug-likeness (QED) is 0.689. The van der Waals surface area contributed by atoms with E-state index in [0.717, 1.165) is 16.7 Å². The first-order valence-corrected chi connectivity index (χ1v) is 9.44. The van der Waals surface area contributed by atoms with E-state index < -0.39 is 16.2 Å². The first-order valence-electron chi connectivity index (χ1n) is 8.04. The Morgan fingerprint density at radius 3 is 2.29 bits per heavy atom. The van der Waals surface area contributed by atoms with E-state index in [-0.39, 0.29) is 10.8 Å². The molecular formula is C20H24O3S. The molecule has 2 rings (SSSR count). The van der Waals surface area contributed by atoms with Gasteiger partial charge in [0.25, 0.3) is 10.1 Å². The third-order valence-electron chi connectivity index (χ3n) is 4.00. The van der Waals surface area contributed by atoms with E-state index in [2.05, 4.69) is 6.58 Å². The molecule has 4 heteroatoms. The highest BCUT2D eigenvalue weighted by atomic mass is 32.2. The minimum absolute atomic E-state index is 0.0584. The van der Waals surface area contributed by atoms with Crippen LogP contribution in [0.4, 0.5) is 0 Å². The Kier molecular flexibility index (Phi) is 5.97. The molecule has 0 aliphatic heterocycles. The lowest BCUT2D eigenvalue weighted by Gasteiger charge is -2.22. The summed E-state index contributed by atoms with van der Waals surface area (Å²) in [5.74, 6) is 0.0584. The number of benzene rings is 2. The van der Waals surface area contributed by atoms with Gasteiger partial charge in [0.1, 0.15) is 0 Å². The highest BCUT2D eigenvalue weighted by Gasteiger charge is 2.25. The molecule has 0 N–H and O–H groups in total. The molecule has 3 nitrogen and oxygen atoms in total. The average Bonchev–Trinajstić information content (AvgIpc) is 2.55. The van der Waals surface area contributed by atoms with Crippen LogP contribution in [0.15, 0.2) is 60.0 Å². The maximum Gasteiger partial charge on any atom is 0.297 e. The van der Waals surface area contributed by atoms with E-state index in [0.29, 0.717) is 6.42 Å². The van der Waals surface area contributed by atoms with Gasteiger partial charge < -0.3 is 0 Å². The summed E-state index contributed by atoms with van der Waals surface area (Å²) in [4.78, 5) is 0.191. The van der Waals surface area contributed by atoms with Crippen molar-refractivity contribution in [2.45, 2.75) is 38.2 Å². The molecule has 24 heavy (non-hydrogen) atoms. The molecule has 0 saturated heterocycles. The minimum atomic E-state index is -3.79. The predicted octanol–water partition coefficient (Wildman–Crippen LogP) is 4.61. The fourth-order valence-electron chi connectivity index (χ4n) is 2.44. The van der Waals surface area contributed by atoms with E-state index in [1.165, 1.54) is 0 Å². The summed E-state index contributed by atoms with van der Waals surface area (Å²) in [7, 11) is -3.79. The molecule has 0 radical (unpaired) electrons. The first-order chi connectivity index (χ1) is 11.3. The molecule has 0 aromatic heterocycles. The van der Waals surface area contributed by atoms with Gasteiger partial charge in [0.15, 0.2) is 0 Å². The fraction of sp³-hybridized carbons (Fsp3) is 0.300. The van der Waals surface area contributed by atoms with Crippen LogP contribution in [0.1, 0.15) is 30.5 Å². The van der Waals surface area contributed by atoms with Crippen LogP contribution in [0, 0.1) is 12.8 Å². The van der Waals surface area contributed by atoms with Gasteiger partial charge in [-0.15, -0.1) is 0 Å². The molecule has 1 atom stereocenters. The molecule has 0 fully saturated rings. The zero-order valence-corrected chi connectivity index (χ0v) is 15.2. The van der Waals surface area contributed by atoms with Crippen LogP contribution in [0.25, 0.3) is 6.08 Å². The summed E-state index contributed by atoms with van der Waals surface area (Å²) in [6, 6.07) is 14.5. The van der Waals surface area contributed by atoms with Crippen LogP contribution < -0.4 is 0 Å². The molecule has 128 valence electrons. The smallest absolute Gasteiger partial charge is 0.262 e. The third kappa shape index (κ3) is 4.56. The molecule has 2 aromatic carbocycles. The maximum atomic E-state index is 12.6. The van der Waals surface area contributed by atoms with Crippen molar-refractivity contribution in [3.05, 3.63) is 71.8 Å². The first kappa shape index (κ1) is 18.4. The highest BCUT2D eigenvalue weighted by Crippen LogP contribution is 2.23. The lowest BCUT2D eigenvalue weighted by atomic mass is 9.96. The molecule has 0 aliphatic rings. The van der Waals surface area contributed by atoms with Gasteiger partial charge in [-0.05, 0) is 36.1 Å². The van der Waals surface area contributed by atoms with E-state index >= 15 is 0 Å². The monoisotopic (exact) mass is 344 g/mol. The van der Waals surface area contributed by atoms with E-state index in [4.69, 9.17) is 4.18 Å². The van der Waals surface area contributed by atoms with Crippen molar-refractivity contribution in [2.24, 2.45) is 5.92 Å². The fourth-order valence-corrected chi connectivity index (χ4v) is 3.64. The Balaban J connectivity index is 2.25. The highest BCUT2D eigenvalue weighted by molar-refractivity contribution is 7.86. The summed E-state index contributed by atoms with van der Waals surface area (Å²) in [6.45, 7) is 9.66. The van der Waals surface area contributed by atoms with Crippen molar-refractivity contribution >= 4 is 16.2 Å². The van der Waals surface area contributed by atoms with Crippen LogP contribution in [0.3, 0.4) is 0 Å². The van der Waals surface area contributed by atoms with Gasteiger partial charge in [0.05, 0.1) is 11.0 Å². The Morgan fingerprint density at radius 2 is 1.71 bits per heavy atom. The minimum Gasteiger partial charge on any atom is -0.262 e. The topological polar surface area (TPSA) is 43.4 Å². The SMILES string of the molecule is C=Cc1ccccc1CC(OS(=O)(=O)c1ccc(C)cc1)C(C)C. The van der Waals surface area contributed by atoms with Crippen molar-refractivity contribution in [3.63, 3.8) is 0 Å². The van der Waals surface area contributed by atoms with Crippen LogP contribution in [-0.2, 0) is 20.7 Å². The van der Waals surface area contributed by atoms with Gasteiger partial charge in [-0.3, -0.25) is 4.18 Å². The summed E-state index contributed by atoms with van der Waals surface area (Å²) < 4.78 is 30.7. The van der Waals surface area contributed by atoms with Gasteiger partial charge in [-0.1, -0.05) is 68.5 Å². The average molecular weight is 344 g/mol. The van der Waals surface area contributed by atoms with E-state index in [1.54, 1.807) is 30.3 Å². The number of hydrogen-bond donors (Lipinski definition) is 0. The molecular weight excluding hydrogens is 320 g/mol. The second kappa shape index (κ2) is 7.77. The standard InChI is InChI=1S/C20H24O3S/c1-5-17-8-6-7-9-18(17)14-20(15(2)3)23-24(21,22)19-12-10-16(4)11-13-19/h5-13,15,20H,1,14H2,2-4H3. The summed E-state index contributed by atoms with van der Waals surface area (Å²) in [6.07, 6.45) is 1.86. The Labute approximate surface area is 145 Å². The zero-order chi connectivity index (χ0) is 17.7. The van der Waals surface area contributed by atoms with Crippen LogP contribution in [-0.4, -0.2) is 14.5 Å². The normalized spacial score (nSPS) is 13.0. The van der Waals surface area contributed by atoms with Crippen molar-refractivity contribution in [1.82, 2.24) is 0 Å². The second-order valence-electron chi connectivity index (χ2n) is 6.25. The van der Waals surface area contributed by atoms with E-state index in [9.17, 15) is 8.42 Å². The molecule has 1 unspecified atom stereocenters. The summed E-state index contributed by atoms with van der Waals surface area (Å²) in [5.41, 5.74) is 3.04. The van der Waals surface area contributed by atoms with Gasteiger partial charge >= 0.3 is 0 Å². The maximum absolute atomic E-state index is 12.6. The van der Waals surface area contributed by atoms with Crippen molar-refractivity contribution in [2.75, 3.05) is 0 Å². The van der Waals surface area contributed by atoms with Gasteiger partial charge in [-0.25, -0.2) is 0 Å². The van der Waals surface area contributed by atoms with Crippen molar-refractivity contribution in [3.8, 4) is 0 Å². The predicted molar refractivity (Wildman–Crippen MR) is 98.3 cm³/mol. The molecule has 0 spiro atoms. The summed E-state index contributed by atoms with van der Waals surface area (Å²) >= 11 is 0. The number of hydrogen-bond acceptors (Lipinski definition) is 3. The van der Waals surface area contributed by atoms with Gasteiger partial charge in [0.2, 0.25) is 0 Å².